The molecule has 0 aliphatic carbocycles. The quantitative estimate of drug-likeness (QED) is 0.908. The van der Waals surface area contributed by atoms with Gasteiger partial charge in [0.15, 0.2) is 0 Å². The molecule has 2 aliphatic rings. The highest BCUT2D eigenvalue weighted by Gasteiger charge is 2.37. The zero-order valence-electron chi connectivity index (χ0n) is 12.8. The second-order valence-corrected chi connectivity index (χ2v) is 6.07. The fourth-order valence-corrected chi connectivity index (χ4v) is 3.39. The standard InChI is InChI=1S/C17H24N2O2/c1-3-16-14(8-9-21-16)17(20)19-11-12(2)18-10-13-6-4-5-7-15(13)19/h4-7,12,14,16,18H,3,8-11H2,1-2H3. The van der Waals surface area contributed by atoms with Gasteiger partial charge in [-0.15, -0.1) is 0 Å². The lowest BCUT2D eigenvalue weighted by Crippen LogP contribution is -2.44. The molecule has 3 atom stereocenters. The van der Waals surface area contributed by atoms with E-state index in [0.717, 1.165) is 31.6 Å². The van der Waals surface area contributed by atoms with Crippen molar-refractivity contribution < 1.29 is 9.53 Å². The molecule has 4 nitrogen and oxygen atoms in total. The largest absolute Gasteiger partial charge is 0.377 e. The number of nitrogens with one attached hydrogen (secondary N) is 1. The topological polar surface area (TPSA) is 41.6 Å². The highest BCUT2D eigenvalue weighted by molar-refractivity contribution is 5.96. The van der Waals surface area contributed by atoms with Gasteiger partial charge in [0.2, 0.25) is 5.91 Å². The van der Waals surface area contributed by atoms with Crippen molar-refractivity contribution >= 4 is 11.6 Å². The van der Waals surface area contributed by atoms with Gasteiger partial charge in [0.25, 0.3) is 0 Å². The summed E-state index contributed by atoms with van der Waals surface area (Å²) in [6.45, 7) is 6.48. The number of anilines is 1. The lowest BCUT2D eigenvalue weighted by atomic mass is 9.97. The summed E-state index contributed by atoms with van der Waals surface area (Å²) in [5, 5.41) is 3.48. The first kappa shape index (κ1) is 14.5. The van der Waals surface area contributed by atoms with Crippen LogP contribution in [0.3, 0.4) is 0 Å². The van der Waals surface area contributed by atoms with Crippen LogP contribution in [0.15, 0.2) is 24.3 Å². The predicted octanol–water partition coefficient (Wildman–Crippen LogP) is 2.33. The molecule has 0 radical (unpaired) electrons. The number of benzene rings is 1. The van der Waals surface area contributed by atoms with Crippen molar-refractivity contribution in [2.45, 2.75) is 45.4 Å². The normalized spacial score (nSPS) is 29.0. The molecule has 114 valence electrons. The Labute approximate surface area is 126 Å². The summed E-state index contributed by atoms with van der Waals surface area (Å²) in [7, 11) is 0. The van der Waals surface area contributed by atoms with E-state index in [9.17, 15) is 4.79 Å². The Hall–Kier alpha value is -1.39. The molecule has 2 aliphatic heterocycles. The Morgan fingerprint density at radius 3 is 3.05 bits per heavy atom. The molecule has 1 amide bonds. The molecular formula is C17H24N2O2. The van der Waals surface area contributed by atoms with Gasteiger partial charge >= 0.3 is 0 Å². The third-order valence-corrected chi connectivity index (χ3v) is 4.57. The van der Waals surface area contributed by atoms with Gasteiger partial charge in [0.05, 0.1) is 12.0 Å². The van der Waals surface area contributed by atoms with Gasteiger partial charge in [-0.25, -0.2) is 0 Å². The third kappa shape index (κ3) is 2.83. The molecule has 4 heteroatoms. The molecule has 2 heterocycles. The molecule has 1 N–H and O–H groups in total. The van der Waals surface area contributed by atoms with Crippen LogP contribution >= 0.6 is 0 Å². The minimum absolute atomic E-state index is 0.00774. The molecule has 21 heavy (non-hydrogen) atoms. The van der Waals surface area contributed by atoms with Gasteiger partial charge in [-0.2, -0.15) is 0 Å². The van der Waals surface area contributed by atoms with Crippen molar-refractivity contribution in [1.29, 1.82) is 0 Å². The fourth-order valence-electron chi connectivity index (χ4n) is 3.39. The van der Waals surface area contributed by atoms with E-state index in [1.165, 1.54) is 5.56 Å². The highest BCUT2D eigenvalue weighted by atomic mass is 16.5. The summed E-state index contributed by atoms with van der Waals surface area (Å²) >= 11 is 0. The minimum Gasteiger partial charge on any atom is -0.377 e. The first-order chi connectivity index (χ1) is 10.2. The molecule has 0 saturated carbocycles. The van der Waals surface area contributed by atoms with Crippen molar-refractivity contribution in [2.24, 2.45) is 5.92 Å². The summed E-state index contributed by atoms with van der Waals surface area (Å²) in [4.78, 5) is 15.0. The molecule has 1 saturated heterocycles. The Bertz CT molecular complexity index is 517. The number of amides is 1. The second kappa shape index (κ2) is 6.16. The van der Waals surface area contributed by atoms with E-state index in [4.69, 9.17) is 4.74 Å². The van der Waals surface area contributed by atoms with Crippen LogP contribution in [0.1, 0.15) is 32.3 Å². The van der Waals surface area contributed by atoms with Crippen LogP contribution in [-0.2, 0) is 16.1 Å². The van der Waals surface area contributed by atoms with E-state index in [2.05, 4.69) is 31.3 Å². The summed E-state index contributed by atoms with van der Waals surface area (Å²) in [6, 6.07) is 8.50. The lowest BCUT2D eigenvalue weighted by molar-refractivity contribution is -0.124. The van der Waals surface area contributed by atoms with Crippen molar-refractivity contribution in [3.05, 3.63) is 29.8 Å². The average molecular weight is 288 g/mol. The molecule has 3 unspecified atom stereocenters. The van der Waals surface area contributed by atoms with E-state index >= 15 is 0 Å². The number of rotatable bonds is 2. The molecule has 1 aromatic rings. The number of carbonyl (C=O) groups is 1. The lowest BCUT2D eigenvalue weighted by Gasteiger charge is -2.28. The van der Waals surface area contributed by atoms with Crippen molar-refractivity contribution in [3.8, 4) is 0 Å². The van der Waals surface area contributed by atoms with Crippen molar-refractivity contribution in [3.63, 3.8) is 0 Å². The first-order valence-electron chi connectivity index (χ1n) is 7.95. The maximum Gasteiger partial charge on any atom is 0.232 e. The fraction of sp³-hybridized carbons (Fsp3) is 0.588. The number of carbonyl (C=O) groups excluding carboxylic acids is 1. The summed E-state index contributed by atoms with van der Waals surface area (Å²) in [6.07, 6.45) is 1.83. The zero-order valence-corrected chi connectivity index (χ0v) is 12.8. The Kier molecular flexibility index (Phi) is 4.27. The Morgan fingerprint density at radius 2 is 2.24 bits per heavy atom. The molecular weight excluding hydrogens is 264 g/mol. The van der Waals surface area contributed by atoms with Crippen molar-refractivity contribution in [1.82, 2.24) is 5.32 Å². The van der Waals surface area contributed by atoms with E-state index in [-0.39, 0.29) is 17.9 Å². The molecule has 0 bridgehead atoms. The van der Waals surface area contributed by atoms with Crippen LogP contribution in [0.25, 0.3) is 0 Å². The Balaban J connectivity index is 1.90. The van der Waals surface area contributed by atoms with Crippen LogP contribution < -0.4 is 10.2 Å². The van der Waals surface area contributed by atoms with Gasteiger partial charge in [0, 0.05) is 31.4 Å². The van der Waals surface area contributed by atoms with Gasteiger partial charge in [-0.1, -0.05) is 25.1 Å². The molecule has 1 fully saturated rings. The maximum atomic E-state index is 13.0. The maximum absolute atomic E-state index is 13.0. The van der Waals surface area contributed by atoms with Gasteiger partial charge in [-0.3, -0.25) is 4.79 Å². The number of hydrogen-bond acceptors (Lipinski definition) is 3. The number of ether oxygens (including phenoxy) is 1. The average Bonchev–Trinajstić information content (AvgIpc) is 2.92. The number of nitrogens with zero attached hydrogens (tertiary/aromatic N) is 1. The number of para-hydroxylation sites is 1. The van der Waals surface area contributed by atoms with Crippen molar-refractivity contribution in [2.75, 3.05) is 18.1 Å². The van der Waals surface area contributed by atoms with E-state index < -0.39 is 0 Å². The molecule has 0 aromatic heterocycles. The highest BCUT2D eigenvalue weighted by Crippen LogP contribution is 2.30. The molecule has 3 rings (SSSR count). The van der Waals surface area contributed by atoms with E-state index in [0.29, 0.717) is 12.6 Å². The predicted molar refractivity (Wildman–Crippen MR) is 83.2 cm³/mol. The van der Waals surface area contributed by atoms with Crippen LogP contribution in [0.4, 0.5) is 5.69 Å². The van der Waals surface area contributed by atoms with Crippen LogP contribution in [0.2, 0.25) is 0 Å². The summed E-state index contributed by atoms with van der Waals surface area (Å²) < 4.78 is 5.71. The first-order valence-corrected chi connectivity index (χ1v) is 7.95. The van der Waals surface area contributed by atoms with Gasteiger partial charge in [-0.05, 0) is 31.4 Å². The second-order valence-electron chi connectivity index (χ2n) is 6.07. The summed E-state index contributed by atoms with van der Waals surface area (Å²) in [5.41, 5.74) is 2.25. The smallest absolute Gasteiger partial charge is 0.232 e. The third-order valence-electron chi connectivity index (χ3n) is 4.57. The molecule has 1 aromatic carbocycles. The van der Waals surface area contributed by atoms with E-state index in [1.54, 1.807) is 0 Å². The zero-order chi connectivity index (χ0) is 14.8. The minimum atomic E-state index is 0.00774. The number of hydrogen-bond donors (Lipinski definition) is 1. The van der Waals surface area contributed by atoms with Gasteiger partial charge < -0.3 is 15.0 Å². The van der Waals surface area contributed by atoms with Crippen LogP contribution in [0.5, 0.6) is 0 Å². The number of fused-ring (bicyclic) bond motifs is 1. The van der Waals surface area contributed by atoms with Crippen LogP contribution in [-0.4, -0.2) is 31.2 Å². The monoisotopic (exact) mass is 288 g/mol. The molecule has 0 spiro atoms. The SMILES string of the molecule is CCC1OCCC1C(=O)N1CC(C)NCc2ccccc21. The van der Waals surface area contributed by atoms with Crippen LogP contribution in [0, 0.1) is 5.92 Å². The Morgan fingerprint density at radius 1 is 1.43 bits per heavy atom. The van der Waals surface area contributed by atoms with E-state index in [1.807, 2.05) is 17.0 Å². The summed E-state index contributed by atoms with van der Waals surface area (Å²) in [5.74, 6) is 0.232. The van der Waals surface area contributed by atoms with Gasteiger partial charge in [0.1, 0.15) is 0 Å².